The Kier molecular flexibility index (Phi) is 4.20. The van der Waals surface area contributed by atoms with Crippen LogP contribution < -0.4 is 5.32 Å². The molecule has 3 heterocycles. The third kappa shape index (κ3) is 3.06. The average molecular weight is 267 g/mol. The van der Waals surface area contributed by atoms with Gasteiger partial charge in [0.15, 0.2) is 5.82 Å². The maximum Gasteiger partial charge on any atom is 0.226 e. The van der Waals surface area contributed by atoms with Crippen molar-refractivity contribution in [3.8, 4) is 0 Å². The molecule has 2 aliphatic heterocycles. The lowest BCUT2D eigenvalue weighted by molar-refractivity contribution is 0.336. The maximum absolute atomic E-state index is 5.43. The molecule has 2 aliphatic rings. The molecule has 1 N–H and O–H groups in total. The fourth-order valence-electron chi connectivity index (χ4n) is 2.79. The number of aromatic nitrogens is 2. The van der Waals surface area contributed by atoms with Gasteiger partial charge in [0.25, 0.3) is 0 Å². The SMILES string of the molecule is C1CC(c2noc(CC3CCSCC3)n2)CCN1. The summed E-state index contributed by atoms with van der Waals surface area (Å²) < 4.78 is 5.43. The van der Waals surface area contributed by atoms with Crippen molar-refractivity contribution in [2.24, 2.45) is 5.92 Å². The van der Waals surface area contributed by atoms with E-state index in [9.17, 15) is 0 Å². The van der Waals surface area contributed by atoms with Gasteiger partial charge in [0.05, 0.1) is 0 Å². The van der Waals surface area contributed by atoms with Crippen LogP contribution in [0.15, 0.2) is 4.52 Å². The topological polar surface area (TPSA) is 51.0 Å². The molecular weight excluding hydrogens is 246 g/mol. The number of nitrogens with zero attached hydrogens (tertiary/aromatic N) is 2. The number of thioether (sulfide) groups is 1. The Morgan fingerprint density at radius 2 is 1.94 bits per heavy atom. The lowest BCUT2D eigenvalue weighted by Gasteiger charge is -2.19. The van der Waals surface area contributed by atoms with E-state index in [0.717, 1.165) is 50.0 Å². The highest BCUT2D eigenvalue weighted by Gasteiger charge is 2.22. The summed E-state index contributed by atoms with van der Waals surface area (Å²) in [5.41, 5.74) is 0. The quantitative estimate of drug-likeness (QED) is 0.910. The van der Waals surface area contributed by atoms with Gasteiger partial charge in [0.1, 0.15) is 0 Å². The average Bonchev–Trinajstić information content (AvgIpc) is 2.89. The highest BCUT2D eigenvalue weighted by molar-refractivity contribution is 7.99. The van der Waals surface area contributed by atoms with Gasteiger partial charge in [-0.2, -0.15) is 16.7 Å². The minimum absolute atomic E-state index is 0.505. The van der Waals surface area contributed by atoms with Crippen molar-refractivity contribution in [2.75, 3.05) is 24.6 Å². The van der Waals surface area contributed by atoms with Crippen LogP contribution in [-0.2, 0) is 6.42 Å². The van der Waals surface area contributed by atoms with E-state index in [2.05, 4.69) is 27.2 Å². The molecule has 0 amide bonds. The predicted molar refractivity (Wildman–Crippen MR) is 72.9 cm³/mol. The lowest BCUT2D eigenvalue weighted by atomic mass is 9.97. The molecule has 0 aliphatic carbocycles. The van der Waals surface area contributed by atoms with Crippen molar-refractivity contribution < 1.29 is 4.52 Å². The van der Waals surface area contributed by atoms with E-state index in [1.165, 1.54) is 24.3 Å². The van der Waals surface area contributed by atoms with Gasteiger partial charge in [-0.25, -0.2) is 0 Å². The van der Waals surface area contributed by atoms with Gasteiger partial charge in [-0.15, -0.1) is 0 Å². The summed E-state index contributed by atoms with van der Waals surface area (Å²) in [6.45, 7) is 2.16. The van der Waals surface area contributed by atoms with Gasteiger partial charge < -0.3 is 9.84 Å². The molecule has 4 nitrogen and oxygen atoms in total. The Balaban J connectivity index is 1.58. The van der Waals surface area contributed by atoms with Crippen molar-refractivity contribution in [1.82, 2.24) is 15.5 Å². The zero-order chi connectivity index (χ0) is 12.2. The lowest BCUT2D eigenvalue weighted by Crippen LogP contribution is -2.27. The minimum Gasteiger partial charge on any atom is -0.339 e. The van der Waals surface area contributed by atoms with Gasteiger partial charge in [-0.05, 0) is 56.2 Å². The zero-order valence-corrected chi connectivity index (χ0v) is 11.5. The van der Waals surface area contributed by atoms with Crippen molar-refractivity contribution in [1.29, 1.82) is 0 Å². The molecular formula is C13H21N3OS. The van der Waals surface area contributed by atoms with E-state index >= 15 is 0 Å². The summed E-state index contributed by atoms with van der Waals surface area (Å²) in [6.07, 6.45) is 5.86. The molecule has 5 heteroatoms. The first-order valence-electron chi connectivity index (χ1n) is 7.03. The van der Waals surface area contributed by atoms with Gasteiger partial charge in [0, 0.05) is 12.3 Å². The third-order valence-electron chi connectivity index (χ3n) is 3.99. The van der Waals surface area contributed by atoms with Crippen LogP contribution in [0.25, 0.3) is 0 Å². The van der Waals surface area contributed by atoms with Crippen molar-refractivity contribution in [3.05, 3.63) is 11.7 Å². The third-order valence-corrected chi connectivity index (χ3v) is 5.04. The zero-order valence-electron chi connectivity index (χ0n) is 10.7. The Labute approximate surface area is 112 Å². The Bertz CT molecular complexity index is 370. The Hall–Kier alpha value is -0.550. The molecule has 1 aromatic rings. The summed E-state index contributed by atoms with van der Waals surface area (Å²) in [5.74, 6) is 5.65. The molecule has 18 heavy (non-hydrogen) atoms. The summed E-state index contributed by atoms with van der Waals surface area (Å²) in [5, 5.41) is 7.55. The molecule has 0 saturated carbocycles. The highest BCUT2D eigenvalue weighted by Crippen LogP contribution is 2.27. The second kappa shape index (κ2) is 6.06. The van der Waals surface area contributed by atoms with Gasteiger partial charge in [-0.1, -0.05) is 5.16 Å². The summed E-state index contributed by atoms with van der Waals surface area (Å²) >= 11 is 2.06. The molecule has 1 aromatic heterocycles. The highest BCUT2D eigenvalue weighted by atomic mass is 32.2. The van der Waals surface area contributed by atoms with Crippen LogP contribution in [0.2, 0.25) is 0 Å². The second-order valence-electron chi connectivity index (χ2n) is 5.33. The van der Waals surface area contributed by atoms with Crippen molar-refractivity contribution in [2.45, 2.75) is 38.0 Å². The first-order valence-corrected chi connectivity index (χ1v) is 8.18. The number of hydrogen-bond donors (Lipinski definition) is 1. The summed E-state index contributed by atoms with van der Waals surface area (Å²) in [7, 11) is 0. The number of piperidine rings is 1. The van der Waals surface area contributed by atoms with Crippen LogP contribution in [0.1, 0.15) is 43.3 Å². The first-order chi connectivity index (χ1) is 8.92. The van der Waals surface area contributed by atoms with Crippen molar-refractivity contribution >= 4 is 11.8 Å². The standard InChI is InChI=1S/C13H21N3OS/c1-5-14-6-2-11(1)13-15-12(17-16-13)9-10-3-7-18-8-4-10/h10-11,14H,1-9H2. The maximum atomic E-state index is 5.43. The Morgan fingerprint density at radius 3 is 2.72 bits per heavy atom. The molecule has 0 aromatic carbocycles. The molecule has 0 unspecified atom stereocenters. The first kappa shape index (κ1) is 12.5. The van der Waals surface area contributed by atoms with E-state index in [4.69, 9.17) is 4.52 Å². The van der Waals surface area contributed by atoms with E-state index < -0.39 is 0 Å². The molecule has 2 fully saturated rings. The van der Waals surface area contributed by atoms with Crippen LogP contribution in [0, 0.1) is 5.92 Å². The second-order valence-corrected chi connectivity index (χ2v) is 6.56. The van der Waals surface area contributed by atoms with Gasteiger partial charge in [0.2, 0.25) is 5.89 Å². The van der Waals surface area contributed by atoms with Crippen molar-refractivity contribution in [3.63, 3.8) is 0 Å². The molecule has 3 rings (SSSR count). The number of rotatable bonds is 3. The largest absolute Gasteiger partial charge is 0.339 e. The monoisotopic (exact) mass is 267 g/mol. The van der Waals surface area contributed by atoms with E-state index in [-0.39, 0.29) is 0 Å². The Morgan fingerprint density at radius 1 is 1.17 bits per heavy atom. The van der Waals surface area contributed by atoms with Crippen LogP contribution in [0.3, 0.4) is 0 Å². The summed E-state index contributed by atoms with van der Waals surface area (Å²) in [6, 6.07) is 0. The molecule has 0 radical (unpaired) electrons. The number of nitrogens with one attached hydrogen (secondary N) is 1. The molecule has 0 spiro atoms. The predicted octanol–water partition coefficient (Wildman–Crippen LogP) is 2.22. The molecule has 2 saturated heterocycles. The molecule has 100 valence electrons. The fourth-order valence-corrected chi connectivity index (χ4v) is 4.00. The van der Waals surface area contributed by atoms with E-state index in [1.54, 1.807) is 0 Å². The van der Waals surface area contributed by atoms with Crippen LogP contribution in [0.4, 0.5) is 0 Å². The normalized spacial score (nSPS) is 23.3. The van der Waals surface area contributed by atoms with Gasteiger partial charge in [-0.3, -0.25) is 0 Å². The minimum atomic E-state index is 0.505. The van der Waals surface area contributed by atoms with Crippen LogP contribution >= 0.6 is 11.8 Å². The van der Waals surface area contributed by atoms with Gasteiger partial charge >= 0.3 is 0 Å². The van der Waals surface area contributed by atoms with E-state index in [1.807, 2.05) is 0 Å². The number of hydrogen-bond acceptors (Lipinski definition) is 5. The van der Waals surface area contributed by atoms with Crippen LogP contribution in [0.5, 0.6) is 0 Å². The fraction of sp³-hybridized carbons (Fsp3) is 0.846. The van der Waals surface area contributed by atoms with Crippen LogP contribution in [-0.4, -0.2) is 34.7 Å². The molecule has 0 bridgehead atoms. The summed E-state index contributed by atoms with van der Waals surface area (Å²) in [4.78, 5) is 4.62. The molecule has 0 atom stereocenters. The van der Waals surface area contributed by atoms with E-state index in [0.29, 0.717) is 5.92 Å². The smallest absolute Gasteiger partial charge is 0.226 e.